The van der Waals surface area contributed by atoms with Crippen molar-refractivity contribution < 1.29 is 33.6 Å². The molecule has 0 unspecified atom stereocenters. The Morgan fingerprint density at radius 3 is 2.58 bits per heavy atom. The summed E-state index contributed by atoms with van der Waals surface area (Å²) >= 11 is 0. The molecule has 3 rings (SSSR count). The normalized spacial score (nSPS) is 23.9. The number of Topliss-reactive ketones (excluding diaryl/α,β-unsaturated/α-hetero) is 1. The fourth-order valence-electron chi connectivity index (χ4n) is 4.06. The van der Waals surface area contributed by atoms with Gasteiger partial charge < -0.3 is 24.1 Å². The monoisotopic (exact) mass is 457 g/mol. The van der Waals surface area contributed by atoms with E-state index in [1.54, 1.807) is 14.0 Å². The van der Waals surface area contributed by atoms with Gasteiger partial charge in [0.15, 0.2) is 29.1 Å². The second-order valence-corrected chi connectivity index (χ2v) is 8.13. The molecule has 0 amide bonds. The molecule has 0 bridgehead atoms. The van der Waals surface area contributed by atoms with Crippen LogP contribution in [0.15, 0.2) is 42.6 Å². The van der Waals surface area contributed by atoms with E-state index in [0.29, 0.717) is 12.2 Å². The van der Waals surface area contributed by atoms with Crippen LogP contribution >= 0.6 is 0 Å². The Bertz CT molecular complexity index is 934. The lowest BCUT2D eigenvalue weighted by Gasteiger charge is -2.33. The Hall–Kier alpha value is -3.13. The van der Waals surface area contributed by atoms with Crippen LogP contribution < -0.4 is 9.47 Å². The predicted octanol–water partition coefficient (Wildman–Crippen LogP) is 3.95. The third-order valence-electron chi connectivity index (χ3n) is 5.88. The van der Waals surface area contributed by atoms with Crippen LogP contribution in [0.4, 0.5) is 0 Å². The fraction of sp³-hybridized carbons (Fsp3) is 0.480. The summed E-state index contributed by atoms with van der Waals surface area (Å²) in [5.74, 6) is -1.07. The summed E-state index contributed by atoms with van der Waals surface area (Å²) < 4.78 is 22.6. The zero-order valence-corrected chi connectivity index (χ0v) is 19.2. The molecule has 1 N–H and O–H groups in total. The molecule has 1 aliphatic rings. The van der Waals surface area contributed by atoms with Crippen LogP contribution in [0.25, 0.3) is 0 Å². The van der Waals surface area contributed by atoms with Gasteiger partial charge in [0.05, 0.1) is 19.1 Å². The average molecular weight is 458 g/mol. The molecule has 0 spiro atoms. The molecular formula is C25H31NO7. The van der Waals surface area contributed by atoms with Gasteiger partial charge in [-0.3, -0.25) is 9.59 Å². The number of esters is 1. The standard InChI is InChI=1S/C25H31NO7/c1-16-24(33-18-10-5-4-6-11-18)21(31-3)12-8-7-9-17(25(29)32-16)15-19(27)22-23(28)20(30-2)13-14-26-22/h4-6,10-11,13-14,16-17,21,24,28H,7-9,12,15H2,1-3H3/t16-,17+,21-,24-/m0/s1. The van der Waals surface area contributed by atoms with Gasteiger partial charge >= 0.3 is 5.97 Å². The number of para-hydroxylation sites is 1. The summed E-state index contributed by atoms with van der Waals surface area (Å²) in [5.41, 5.74) is -0.114. The van der Waals surface area contributed by atoms with Gasteiger partial charge in [-0.2, -0.15) is 0 Å². The van der Waals surface area contributed by atoms with E-state index in [-0.39, 0.29) is 29.7 Å². The molecule has 0 saturated carbocycles. The molecule has 1 fully saturated rings. The van der Waals surface area contributed by atoms with E-state index in [4.69, 9.17) is 18.9 Å². The molecule has 1 aromatic carbocycles. The molecule has 0 aliphatic carbocycles. The molecule has 33 heavy (non-hydrogen) atoms. The Kier molecular flexibility index (Phi) is 8.65. The lowest BCUT2D eigenvalue weighted by Crippen LogP contribution is -2.45. The first-order chi connectivity index (χ1) is 15.9. The van der Waals surface area contributed by atoms with Crippen molar-refractivity contribution in [1.29, 1.82) is 0 Å². The number of nitrogens with zero attached hydrogens (tertiary/aromatic N) is 1. The summed E-state index contributed by atoms with van der Waals surface area (Å²) in [6.45, 7) is 1.77. The second-order valence-electron chi connectivity index (χ2n) is 8.13. The molecule has 1 aliphatic heterocycles. The van der Waals surface area contributed by atoms with Crippen molar-refractivity contribution in [3.8, 4) is 17.2 Å². The number of ether oxygens (including phenoxy) is 4. The van der Waals surface area contributed by atoms with E-state index in [1.165, 1.54) is 19.4 Å². The SMILES string of the molecule is COc1ccnc(C(=O)C[C@H]2CCCC[C@H](OC)[C@@H](Oc3ccccc3)[C@H](C)OC2=O)c1O. The first kappa shape index (κ1) is 24.5. The third-order valence-corrected chi connectivity index (χ3v) is 5.88. The highest BCUT2D eigenvalue weighted by Crippen LogP contribution is 2.31. The quantitative estimate of drug-likeness (QED) is 0.492. The summed E-state index contributed by atoms with van der Waals surface area (Å²) in [7, 11) is 3.02. The number of pyridine rings is 1. The Labute approximate surface area is 193 Å². The van der Waals surface area contributed by atoms with Crippen molar-refractivity contribution in [3.05, 3.63) is 48.3 Å². The van der Waals surface area contributed by atoms with E-state index in [9.17, 15) is 14.7 Å². The molecule has 1 aromatic heterocycles. The molecule has 2 heterocycles. The fourth-order valence-corrected chi connectivity index (χ4v) is 4.06. The third kappa shape index (κ3) is 6.22. The zero-order valence-electron chi connectivity index (χ0n) is 19.2. The number of hydrogen-bond acceptors (Lipinski definition) is 8. The first-order valence-electron chi connectivity index (χ1n) is 11.1. The van der Waals surface area contributed by atoms with Crippen molar-refractivity contribution in [1.82, 2.24) is 4.98 Å². The van der Waals surface area contributed by atoms with Gasteiger partial charge in [0.25, 0.3) is 0 Å². The summed E-state index contributed by atoms with van der Waals surface area (Å²) in [6, 6.07) is 10.8. The van der Waals surface area contributed by atoms with Gasteiger partial charge in [0, 0.05) is 25.8 Å². The summed E-state index contributed by atoms with van der Waals surface area (Å²) in [6.07, 6.45) is 2.67. The van der Waals surface area contributed by atoms with E-state index in [2.05, 4.69) is 4.98 Å². The van der Waals surface area contributed by atoms with Crippen molar-refractivity contribution in [2.24, 2.45) is 5.92 Å². The van der Waals surface area contributed by atoms with Gasteiger partial charge in [-0.05, 0) is 31.9 Å². The van der Waals surface area contributed by atoms with E-state index in [0.717, 1.165) is 19.3 Å². The second kappa shape index (κ2) is 11.7. The lowest BCUT2D eigenvalue weighted by atomic mass is 9.92. The number of benzene rings is 1. The topological polar surface area (TPSA) is 104 Å². The van der Waals surface area contributed by atoms with Crippen molar-refractivity contribution in [2.75, 3.05) is 14.2 Å². The minimum atomic E-state index is -0.649. The lowest BCUT2D eigenvalue weighted by molar-refractivity contribution is -0.163. The minimum Gasteiger partial charge on any atom is -0.503 e. The van der Waals surface area contributed by atoms with E-state index < -0.39 is 29.9 Å². The zero-order chi connectivity index (χ0) is 23.8. The van der Waals surface area contributed by atoms with Gasteiger partial charge in [0.2, 0.25) is 0 Å². The van der Waals surface area contributed by atoms with Crippen molar-refractivity contribution in [3.63, 3.8) is 0 Å². The van der Waals surface area contributed by atoms with Crippen LogP contribution in [0.3, 0.4) is 0 Å². The number of carbonyl (C=O) groups excluding carboxylic acids is 2. The summed E-state index contributed by atoms with van der Waals surface area (Å²) in [5, 5.41) is 10.3. The van der Waals surface area contributed by atoms with Crippen molar-refractivity contribution in [2.45, 2.75) is 57.3 Å². The average Bonchev–Trinajstić information content (AvgIpc) is 2.82. The smallest absolute Gasteiger partial charge is 0.309 e. The largest absolute Gasteiger partial charge is 0.503 e. The maximum absolute atomic E-state index is 13.0. The number of ketones is 1. The molecule has 178 valence electrons. The number of carbonyl (C=O) groups is 2. The van der Waals surface area contributed by atoms with Gasteiger partial charge in [-0.15, -0.1) is 0 Å². The molecule has 1 saturated heterocycles. The van der Waals surface area contributed by atoms with Crippen LogP contribution in [0.1, 0.15) is 49.5 Å². The van der Waals surface area contributed by atoms with Crippen LogP contribution in [-0.2, 0) is 14.3 Å². The van der Waals surface area contributed by atoms with E-state index >= 15 is 0 Å². The molecule has 8 heteroatoms. The highest BCUT2D eigenvalue weighted by molar-refractivity contribution is 5.99. The maximum atomic E-state index is 13.0. The van der Waals surface area contributed by atoms with Crippen LogP contribution in [0, 0.1) is 5.92 Å². The Morgan fingerprint density at radius 2 is 1.88 bits per heavy atom. The van der Waals surface area contributed by atoms with Crippen LogP contribution in [0.5, 0.6) is 17.2 Å². The van der Waals surface area contributed by atoms with Gasteiger partial charge in [-0.1, -0.05) is 31.0 Å². The van der Waals surface area contributed by atoms with Crippen molar-refractivity contribution >= 4 is 11.8 Å². The number of methoxy groups -OCH3 is 2. The highest BCUT2D eigenvalue weighted by atomic mass is 16.6. The molecule has 2 aromatic rings. The molecule has 8 nitrogen and oxygen atoms in total. The molecule has 0 radical (unpaired) electrons. The summed E-state index contributed by atoms with van der Waals surface area (Å²) in [4.78, 5) is 29.9. The highest BCUT2D eigenvalue weighted by Gasteiger charge is 2.35. The van der Waals surface area contributed by atoms with Crippen LogP contribution in [0.2, 0.25) is 0 Å². The number of aromatic nitrogens is 1. The number of rotatable bonds is 7. The minimum absolute atomic E-state index is 0.114. The number of cyclic esters (lactones) is 1. The Balaban J connectivity index is 1.75. The number of hydrogen-bond donors (Lipinski definition) is 1. The van der Waals surface area contributed by atoms with Gasteiger partial charge in [-0.25, -0.2) is 4.98 Å². The Morgan fingerprint density at radius 1 is 1.15 bits per heavy atom. The molecular weight excluding hydrogens is 426 g/mol. The first-order valence-corrected chi connectivity index (χ1v) is 11.1. The predicted molar refractivity (Wildman–Crippen MR) is 121 cm³/mol. The maximum Gasteiger partial charge on any atom is 0.309 e. The van der Waals surface area contributed by atoms with Gasteiger partial charge in [0.1, 0.15) is 11.9 Å². The van der Waals surface area contributed by atoms with E-state index in [1.807, 2.05) is 30.3 Å². The van der Waals surface area contributed by atoms with Crippen LogP contribution in [-0.4, -0.2) is 54.4 Å². The number of aromatic hydroxyl groups is 1. The molecule has 4 atom stereocenters.